The van der Waals surface area contributed by atoms with Crippen LogP contribution in [0.1, 0.15) is 18.4 Å². The van der Waals surface area contributed by atoms with E-state index in [2.05, 4.69) is 5.32 Å². The first-order chi connectivity index (χ1) is 7.75. The van der Waals surface area contributed by atoms with Gasteiger partial charge in [-0.15, -0.1) is 0 Å². The number of hydrogen-bond donors (Lipinski definition) is 1. The van der Waals surface area contributed by atoms with Gasteiger partial charge in [-0.25, -0.2) is 0 Å². The van der Waals surface area contributed by atoms with Gasteiger partial charge in [-0.2, -0.15) is 0 Å². The van der Waals surface area contributed by atoms with Gasteiger partial charge in [0, 0.05) is 17.9 Å². The van der Waals surface area contributed by atoms with Crippen LogP contribution in [0.4, 0.5) is 0 Å². The number of carbonyl (C=O) groups excluding carboxylic acids is 1. The number of benzene rings is 1. The van der Waals surface area contributed by atoms with Gasteiger partial charge in [0.25, 0.3) is 0 Å². The van der Waals surface area contributed by atoms with Crippen LogP contribution in [0.25, 0.3) is 0 Å². The average molecular weight is 238 g/mol. The highest BCUT2D eigenvalue weighted by molar-refractivity contribution is 6.31. The Morgan fingerprint density at radius 3 is 2.94 bits per heavy atom. The molecule has 3 heteroatoms. The summed E-state index contributed by atoms with van der Waals surface area (Å²) in [5.41, 5.74) is 0.945. The summed E-state index contributed by atoms with van der Waals surface area (Å²) in [5, 5.41) is 3.97. The van der Waals surface area contributed by atoms with E-state index < -0.39 is 0 Å². The van der Waals surface area contributed by atoms with E-state index in [9.17, 15) is 4.79 Å². The van der Waals surface area contributed by atoms with Gasteiger partial charge in [-0.3, -0.25) is 4.79 Å². The van der Waals surface area contributed by atoms with Gasteiger partial charge in [-0.05, 0) is 37.1 Å². The molecule has 0 aliphatic carbocycles. The summed E-state index contributed by atoms with van der Waals surface area (Å²) in [6.45, 7) is 2.03. The van der Waals surface area contributed by atoms with E-state index >= 15 is 0 Å². The smallest absolute Gasteiger partial charge is 0.137 e. The zero-order valence-electron chi connectivity index (χ0n) is 9.21. The van der Waals surface area contributed by atoms with Gasteiger partial charge in [0.2, 0.25) is 0 Å². The molecule has 1 aromatic rings. The van der Waals surface area contributed by atoms with Gasteiger partial charge < -0.3 is 5.32 Å². The summed E-state index contributed by atoms with van der Waals surface area (Å²) in [6.07, 6.45) is 2.27. The molecule has 1 aliphatic heterocycles. The monoisotopic (exact) mass is 237 g/mol. The number of carbonyl (C=O) groups is 1. The van der Waals surface area contributed by atoms with Gasteiger partial charge in [0.05, 0.1) is 0 Å². The lowest BCUT2D eigenvalue weighted by atomic mass is 9.98. The summed E-state index contributed by atoms with van der Waals surface area (Å²) in [6, 6.07) is 7.57. The van der Waals surface area contributed by atoms with Gasteiger partial charge in [0.15, 0.2) is 0 Å². The second-order valence-electron chi connectivity index (χ2n) is 4.37. The first-order valence-corrected chi connectivity index (χ1v) is 6.09. The minimum atomic E-state index is 0.293. The summed E-state index contributed by atoms with van der Waals surface area (Å²) in [5.74, 6) is 0.816. The quantitative estimate of drug-likeness (QED) is 0.872. The fourth-order valence-corrected chi connectivity index (χ4v) is 2.34. The molecule has 1 heterocycles. The summed E-state index contributed by atoms with van der Waals surface area (Å²) in [7, 11) is 0. The Hall–Kier alpha value is -0.860. The fourth-order valence-electron chi connectivity index (χ4n) is 2.14. The van der Waals surface area contributed by atoms with Crippen LogP contribution in [0.2, 0.25) is 5.02 Å². The van der Waals surface area contributed by atoms with Crippen molar-refractivity contribution in [3.05, 3.63) is 34.9 Å². The predicted molar refractivity (Wildman–Crippen MR) is 65.8 cm³/mol. The lowest BCUT2D eigenvalue weighted by Gasteiger charge is -2.07. The van der Waals surface area contributed by atoms with E-state index in [0.717, 1.165) is 25.1 Å². The molecule has 1 atom stereocenters. The van der Waals surface area contributed by atoms with Crippen LogP contribution in [0.3, 0.4) is 0 Å². The highest BCUT2D eigenvalue weighted by Crippen LogP contribution is 2.18. The molecule has 1 aliphatic rings. The van der Waals surface area contributed by atoms with Crippen LogP contribution in [-0.2, 0) is 11.2 Å². The molecule has 0 spiro atoms. The van der Waals surface area contributed by atoms with Crippen LogP contribution >= 0.6 is 11.6 Å². The first kappa shape index (κ1) is 11.6. The van der Waals surface area contributed by atoms with Crippen molar-refractivity contribution in [3.8, 4) is 0 Å². The maximum atomic E-state index is 11.8. The summed E-state index contributed by atoms with van der Waals surface area (Å²) >= 11 is 6.02. The Kier molecular flexibility index (Phi) is 3.97. The normalized spacial score (nSPS) is 19.9. The minimum Gasteiger partial charge on any atom is -0.316 e. The highest BCUT2D eigenvalue weighted by atomic mass is 35.5. The van der Waals surface area contributed by atoms with E-state index in [1.807, 2.05) is 24.3 Å². The SMILES string of the molecule is O=C(Cc1ccccc1Cl)CC1CCNC1. The van der Waals surface area contributed by atoms with Gasteiger partial charge in [0.1, 0.15) is 5.78 Å². The molecular weight excluding hydrogens is 222 g/mol. The van der Waals surface area contributed by atoms with Crippen LogP contribution in [0, 0.1) is 5.92 Å². The minimum absolute atomic E-state index is 0.293. The zero-order valence-corrected chi connectivity index (χ0v) is 9.96. The maximum absolute atomic E-state index is 11.8. The molecule has 1 N–H and O–H groups in total. The van der Waals surface area contributed by atoms with Crippen LogP contribution < -0.4 is 5.32 Å². The molecular formula is C13H16ClNO. The molecule has 0 radical (unpaired) electrons. The zero-order chi connectivity index (χ0) is 11.4. The summed E-state index contributed by atoms with van der Waals surface area (Å²) in [4.78, 5) is 11.8. The molecule has 16 heavy (non-hydrogen) atoms. The molecule has 0 bridgehead atoms. The molecule has 1 fully saturated rings. The van der Waals surface area contributed by atoms with Crippen molar-refractivity contribution in [2.45, 2.75) is 19.3 Å². The molecule has 2 nitrogen and oxygen atoms in total. The van der Waals surface area contributed by atoms with Crippen LogP contribution in [-0.4, -0.2) is 18.9 Å². The third kappa shape index (κ3) is 3.06. The number of ketones is 1. The van der Waals surface area contributed by atoms with Gasteiger partial charge >= 0.3 is 0 Å². The Bertz CT molecular complexity index is 372. The summed E-state index contributed by atoms with van der Waals surface area (Å²) < 4.78 is 0. The molecule has 1 saturated heterocycles. The standard InChI is InChI=1S/C13H16ClNO/c14-13-4-2-1-3-11(13)8-12(16)7-10-5-6-15-9-10/h1-4,10,15H,5-9H2. The third-order valence-corrected chi connectivity index (χ3v) is 3.39. The predicted octanol–water partition coefficient (Wildman–Crippen LogP) is 2.45. The molecule has 1 aromatic carbocycles. The van der Waals surface area contributed by atoms with E-state index in [1.54, 1.807) is 0 Å². The second kappa shape index (κ2) is 5.46. The topological polar surface area (TPSA) is 29.1 Å². The Labute approximate surface area is 101 Å². The Balaban J connectivity index is 1.89. The largest absolute Gasteiger partial charge is 0.316 e. The van der Waals surface area contributed by atoms with Crippen molar-refractivity contribution >= 4 is 17.4 Å². The second-order valence-corrected chi connectivity index (χ2v) is 4.78. The van der Waals surface area contributed by atoms with E-state index in [-0.39, 0.29) is 0 Å². The fraction of sp³-hybridized carbons (Fsp3) is 0.462. The lowest BCUT2D eigenvalue weighted by Crippen LogP contribution is -2.14. The highest BCUT2D eigenvalue weighted by Gasteiger charge is 2.18. The van der Waals surface area contributed by atoms with Crippen molar-refractivity contribution in [2.75, 3.05) is 13.1 Å². The van der Waals surface area contributed by atoms with Crippen molar-refractivity contribution < 1.29 is 4.79 Å². The number of hydrogen-bond acceptors (Lipinski definition) is 2. The number of rotatable bonds is 4. The lowest BCUT2D eigenvalue weighted by molar-refractivity contribution is -0.119. The molecule has 2 rings (SSSR count). The van der Waals surface area contributed by atoms with E-state index in [4.69, 9.17) is 11.6 Å². The molecule has 0 amide bonds. The van der Waals surface area contributed by atoms with E-state index in [1.165, 1.54) is 0 Å². The molecule has 1 unspecified atom stereocenters. The average Bonchev–Trinajstić information content (AvgIpc) is 2.74. The number of nitrogens with one attached hydrogen (secondary N) is 1. The van der Waals surface area contributed by atoms with E-state index in [0.29, 0.717) is 29.6 Å². The van der Waals surface area contributed by atoms with Crippen LogP contribution in [0.15, 0.2) is 24.3 Å². The molecule has 0 aromatic heterocycles. The van der Waals surface area contributed by atoms with Crippen molar-refractivity contribution in [2.24, 2.45) is 5.92 Å². The maximum Gasteiger partial charge on any atom is 0.137 e. The van der Waals surface area contributed by atoms with Gasteiger partial charge in [-0.1, -0.05) is 29.8 Å². The van der Waals surface area contributed by atoms with Crippen LogP contribution in [0.5, 0.6) is 0 Å². The Morgan fingerprint density at radius 2 is 2.25 bits per heavy atom. The van der Waals surface area contributed by atoms with Crippen molar-refractivity contribution in [1.29, 1.82) is 0 Å². The Morgan fingerprint density at radius 1 is 1.44 bits per heavy atom. The number of Topliss-reactive ketones (excluding diaryl/α,β-unsaturated/α-hetero) is 1. The van der Waals surface area contributed by atoms with Crippen molar-refractivity contribution in [1.82, 2.24) is 5.32 Å². The molecule has 86 valence electrons. The number of halogens is 1. The third-order valence-electron chi connectivity index (χ3n) is 3.02. The molecule has 0 saturated carbocycles. The first-order valence-electron chi connectivity index (χ1n) is 5.71. The van der Waals surface area contributed by atoms with Crippen molar-refractivity contribution in [3.63, 3.8) is 0 Å².